The van der Waals surface area contributed by atoms with Gasteiger partial charge in [-0.25, -0.2) is 4.98 Å². The second-order valence-electron chi connectivity index (χ2n) is 6.23. The quantitative estimate of drug-likeness (QED) is 0.723. The predicted molar refractivity (Wildman–Crippen MR) is 97.6 cm³/mol. The van der Waals surface area contributed by atoms with Gasteiger partial charge in [0.15, 0.2) is 0 Å². The van der Waals surface area contributed by atoms with Gasteiger partial charge in [0.25, 0.3) is 5.91 Å². The van der Waals surface area contributed by atoms with Gasteiger partial charge in [-0.1, -0.05) is 6.07 Å². The molecule has 1 amide bonds. The first-order valence-corrected chi connectivity index (χ1v) is 9.11. The molecule has 0 radical (unpaired) electrons. The van der Waals surface area contributed by atoms with E-state index in [0.717, 1.165) is 54.3 Å². The Balaban J connectivity index is 1.41. The number of piperazine rings is 1. The zero-order valence-electron chi connectivity index (χ0n) is 14.1. The summed E-state index contributed by atoms with van der Waals surface area (Å²) >= 11 is 1.37. The number of carbonyl (C=O) groups is 1. The minimum atomic E-state index is 0.0532. The molecule has 3 aromatic heterocycles. The Bertz CT molecular complexity index is 887. The van der Waals surface area contributed by atoms with E-state index < -0.39 is 0 Å². The molecule has 0 saturated carbocycles. The summed E-state index contributed by atoms with van der Waals surface area (Å²) in [6.07, 6.45) is 3.49. The number of fused-ring (bicyclic) bond motifs is 1. The molecule has 1 saturated heterocycles. The van der Waals surface area contributed by atoms with E-state index in [-0.39, 0.29) is 5.91 Å². The minimum Gasteiger partial charge on any atom is -0.336 e. The topological polar surface area (TPSA) is 62.2 Å². The van der Waals surface area contributed by atoms with Gasteiger partial charge in [0, 0.05) is 50.5 Å². The fourth-order valence-corrected chi connectivity index (χ4v) is 3.80. The third kappa shape index (κ3) is 3.38. The Hall–Kier alpha value is -2.38. The molecule has 0 atom stereocenters. The number of nitrogens with zero attached hydrogens (tertiary/aromatic N) is 5. The molecule has 0 unspecified atom stereocenters. The van der Waals surface area contributed by atoms with Gasteiger partial charge in [0.05, 0.1) is 17.0 Å². The normalized spacial score (nSPS) is 15.6. The first-order chi connectivity index (χ1) is 12.2. The van der Waals surface area contributed by atoms with Crippen LogP contribution in [-0.4, -0.2) is 56.2 Å². The summed E-state index contributed by atoms with van der Waals surface area (Å²) in [4.78, 5) is 26.7. The van der Waals surface area contributed by atoms with Crippen molar-refractivity contribution >= 4 is 27.7 Å². The van der Waals surface area contributed by atoms with Crippen LogP contribution in [0.15, 0.2) is 36.7 Å². The number of aryl methyl sites for hydroxylation is 1. The Morgan fingerprint density at radius 3 is 2.80 bits per heavy atom. The summed E-state index contributed by atoms with van der Waals surface area (Å²) in [7, 11) is 0. The van der Waals surface area contributed by atoms with Crippen LogP contribution in [0.5, 0.6) is 0 Å². The maximum Gasteiger partial charge on any atom is 0.255 e. The average Bonchev–Trinajstić information content (AvgIpc) is 3.03. The third-order valence-corrected chi connectivity index (χ3v) is 5.39. The van der Waals surface area contributed by atoms with Crippen molar-refractivity contribution < 1.29 is 4.79 Å². The highest BCUT2D eigenvalue weighted by atomic mass is 32.1. The molecule has 6 nitrogen and oxygen atoms in total. The molecule has 4 rings (SSSR count). The summed E-state index contributed by atoms with van der Waals surface area (Å²) in [5.74, 6) is 0.0532. The van der Waals surface area contributed by atoms with E-state index in [1.54, 1.807) is 6.20 Å². The van der Waals surface area contributed by atoms with Gasteiger partial charge in [-0.05, 0) is 36.7 Å². The SMILES string of the molecule is Cc1nsc2ncc(C(=O)N3CCN(Cc4ccccn4)CC3)cc12. The maximum atomic E-state index is 12.8. The number of rotatable bonds is 3. The van der Waals surface area contributed by atoms with Crippen LogP contribution in [0.1, 0.15) is 21.7 Å². The molecule has 1 aliphatic rings. The van der Waals surface area contributed by atoms with Crippen LogP contribution in [0.2, 0.25) is 0 Å². The molecule has 0 aromatic carbocycles. The number of hydrogen-bond donors (Lipinski definition) is 0. The number of hydrogen-bond acceptors (Lipinski definition) is 6. The highest BCUT2D eigenvalue weighted by Gasteiger charge is 2.23. The van der Waals surface area contributed by atoms with Gasteiger partial charge >= 0.3 is 0 Å². The minimum absolute atomic E-state index is 0.0532. The van der Waals surface area contributed by atoms with Crippen molar-refractivity contribution in [3.63, 3.8) is 0 Å². The molecule has 1 fully saturated rings. The van der Waals surface area contributed by atoms with Crippen molar-refractivity contribution in [3.8, 4) is 0 Å². The summed E-state index contributed by atoms with van der Waals surface area (Å²) in [5, 5.41) is 0.977. The highest BCUT2D eigenvalue weighted by molar-refractivity contribution is 7.12. The molecular weight excluding hydrogens is 334 g/mol. The van der Waals surface area contributed by atoms with Crippen molar-refractivity contribution in [1.29, 1.82) is 0 Å². The molecule has 4 heterocycles. The van der Waals surface area contributed by atoms with Gasteiger partial charge in [0.1, 0.15) is 4.83 Å². The lowest BCUT2D eigenvalue weighted by molar-refractivity contribution is 0.0627. The Labute approximate surface area is 150 Å². The fourth-order valence-electron chi connectivity index (χ4n) is 3.07. The van der Waals surface area contributed by atoms with E-state index in [4.69, 9.17) is 0 Å². The van der Waals surface area contributed by atoms with Crippen molar-refractivity contribution in [2.24, 2.45) is 0 Å². The number of pyridine rings is 2. The fraction of sp³-hybridized carbons (Fsp3) is 0.333. The second-order valence-corrected chi connectivity index (χ2v) is 6.99. The van der Waals surface area contributed by atoms with Gasteiger partial charge < -0.3 is 4.90 Å². The van der Waals surface area contributed by atoms with E-state index in [9.17, 15) is 4.79 Å². The molecule has 0 aliphatic carbocycles. The zero-order chi connectivity index (χ0) is 17.2. The van der Waals surface area contributed by atoms with Crippen molar-refractivity contribution in [3.05, 3.63) is 53.6 Å². The van der Waals surface area contributed by atoms with E-state index in [0.29, 0.717) is 5.56 Å². The maximum absolute atomic E-state index is 12.8. The molecule has 3 aromatic rings. The Morgan fingerprint density at radius 1 is 1.20 bits per heavy atom. The standard InChI is InChI=1S/C18H19N5OS/c1-13-16-10-14(11-20-17(16)25-21-13)18(24)23-8-6-22(7-9-23)12-15-4-2-3-5-19-15/h2-5,10-11H,6-9,12H2,1H3. The largest absolute Gasteiger partial charge is 0.336 e. The van der Waals surface area contributed by atoms with Crippen LogP contribution >= 0.6 is 11.5 Å². The van der Waals surface area contributed by atoms with Gasteiger partial charge in [-0.3, -0.25) is 14.7 Å². The summed E-state index contributed by atoms with van der Waals surface area (Å²) in [5.41, 5.74) is 2.65. The smallest absolute Gasteiger partial charge is 0.255 e. The number of aromatic nitrogens is 3. The van der Waals surface area contributed by atoms with E-state index in [2.05, 4.69) is 19.2 Å². The average molecular weight is 353 g/mol. The molecule has 1 aliphatic heterocycles. The van der Waals surface area contributed by atoms with Crippen LogP contribution in [0.4, 0.5) is 0 Å². The predicted octanol–water partition coefficient (Wildman–Crippen LogP) is 2.35. The highest BCUT2D eigenvalue weighted by Crippen LogP contribution is 2.21. The van der Waals surface area contributed by atoms with Crippen molar-refractivity contribution in [1.82, 2.24) is 24.1 Å². The Morgan fingerprint density at radius 2 is 2.04 bits per heavy atom. The van der Waals surface area contributed by atoms with Crippen LogP contribution in [-0.2, 0) is 6.54 Å². The second kappa shape index (κ2) is 6.85. The van der Waals surface area contributed by atoms with E-state index in [1.807, 2.05) is 42.3 Å². The van der Waals surface area contributed by atoms with Gasteiger partial charge in [0.2, 0.25) is 0 Å². The number of amides is 1. The zero-order valence-corrected chi connectivity index (χ0v) is 14.9. The molecule has 0 spiro atoms. The van der Waals surface area contributed by atoms with Crippen LogP contribution < -0.4 is 0 Å². The first kappa shape index (κ1) is 16.1. The van der Waals surface area contributed by atoms with Crippen LogP contribution in [0.3, 0.4) is 0 Å². The van der Waals surface area contributed by atoms with Crippen LogP contribution in [0.25, 0.3) is 10.2 Å². The van der Waals surface area contributed by atoms with Gasteiger partial charge in [-0.2, -0.15) is 4.37 Å². The van der Waals surface area contributed by atoms with Gasteiger partial charge in [-0.15, -0.1) is 0 Å². The monoisotopic (exact) mass is 353 g/mol. The van der Waals surface area contributed by atoms with Crippen molar-refractivity contribution in [2.75, 3.05) is 26.2 Å². The lowest BCUT2D eigenvalue weighted by Gasteiger charge is -2.34. The lowest BCUT2D eigenvalue weighted by Crippen LogP contribution is -2.48. The molecule has 7 heteroatoms. The van der Waals surface area contributed by atoms with Crippen molar-refractivity contribution in [2.45, 2.75) is 13.5 Å². The Kier molecular flexibility index (Phi) is 4.42. The molecular formula is C18H19N5OS. The molecule has 128 valence electrons. The molecule has 25 heavy (non-hydrogen) atoms. The summed E-state index contributed by atoms with van der Waals surface area (Å²) < 4.78 is 4.30. The summed E-state index contributed by atoms with van der Waals surface area (Å²) in [6, 6.07) is 7.89. The van der Waals surface area contributed by atoms with E-state index in [1.165, 1.54) is 11.5 Å². The first-order valence-electron chi connectivity index (χ1n) is 8.34. The third-order valence-electron chi connectivity index (χ3n) is 4.53. The number of carbonyl (C=O) groups excluding carboxylic acids is 1. The summed E-state index contributed by atoms with van der Waals surface area (Å²) in [6.45, 7) is 5.95. The molecule has 0 N–H and O–H groups in total. The molecule has 0 bridgehead atoms. The van der Waals surface area contributed by atoms with E-state index >= 15 is 0 Å². The van der Waals surface area contributed by atoms with Crippen LogP contribution in [0, 0.1) is 6.92 Å². The lowest BCUT2D eigenvalue weighted by atomic mass is 10.1.